The summed E-state index contributed by atoms with van der Waals surface area (Å²) in [5, 5.41) is 6.38. The number of hydrogen-bond acceptors (Lipinski definition) is 7. The SMILES string of the molecule is CCC(SC1=Nc2ccccc2C2=NC(=O)C(CCC(=O)NCc3ccccc3OC)N12)C(=O)NC1CCCCC1. The number of amidine groups is 2. The number of nitrogens with one attached hydrogen (secondary N) is 2. The van der Waals surface area contributed by atoms with Crippen LogP contribution in [0.1, 0.15) is 69.4 Å². The van der Waals surface area contributed by atoms with Gasteiger partial charge in [0.15, 0.2) is 5.17 Å². The van der Waals surface area contributed by atoms with Crippen LogP contribution in [0.25, 0.3) is 0 Å². The molecule has 2 aliphatic heterocycles. The molecule has 2 heterocycles. The fourth-order valence-electron chi connectivity index (χ4n) is 5.55. The first-order chi connectivity index (χ1) is 20.0. The van der Waals surface area contributed by atoms with E-state index in [9.17, 15) is 14.4 Å². The Hall–Kier alpha value is -3.66. The maximum Gasteiger partial charge on any atom is 0.270 e. The van der Waals surface area contributed by atoms with Crippen LogP contribution in [0.15, 0.2) is 58.5 Å². The zero-order valence-corrected chi connectivity index (χ0v) is 24.4. The minimum atomic E-state index is -0.666. The van der Waals surface area contributed by atoms with Gasteiger partial charge in [0.25, 0.3) is 5.91 Å². The van der Waals surface area contributed by atoms with E-state index in [0.717, 1.165) is 42.5 Å². The number of hydrogen-bond donors (Lipinski definition) is 2. The second kappa shape index (κ2) is 13.3. The summed E-state index contributed by atoms with van der Waals surface area (Å²) in [5.74, 6) is 0.772. The molecule has 0 bridgehead atoms. The van der Waals surface area contributed by atoms with E-state index in [1.165, 1.54) is 18.2 Å². The van der Waals surface area contributed by atoms with Crippen LogP contribution in [0.5, 0.6) is 5.75 Å². The maximum absolute atomic E-state index is 13.3. The van der Waals surface area contributed by atoms with Gasteiger partial charge >= 0.3 is 0 Å². The number of thioether (sulfide) groups is 1. The van der Waals surface area contributed by atoms with Crippen LogP contribution < -0.4 is 15.4 Å². The van der Waals surface area contributed by atoms with E-state index in [0.29, 0.717) is 29.7 Å². The van der Waals surface area contributed by atoms with Gasteiger partial charge in [0.2, 0.25) is 11.8 Å². The zero-order chi connectivity index (χ0) is 28.8. The third-order valence-electron chi connectivity index (χ3n) is 7.78. The molecule has 10 heteroatoms. The number of methoxy groups -OCH3 is 1. The number of para-hydroxylation sites is 2. The lowest BCUT2D eigenvalue weighted by atomic mass is 9.95. The predicted molar refractivity (Wildman–Crippen MR) is 161 cm³/mol. The monoisotopic (exact) mass is 575 g/mol. The van der Waals surface area contributed by atoms with E-state index in [1.54, 1.807) is 7.11 Å². The molecule has 1 aliphatic carbocycles. The molecule has 1 fully saturated rings. The minimum absolute atomic E-state index is 0.00207. The zero-order valence-electron chi connectivity index (χ0n) is 23.6. The summed E-state index contributed by atoms with van der Waals surface area (Å²) in [6, 6.07) is 14.7. The van der Waals surface area contributed by atoms with Crippen LogP contribution in [0.2, 0.25) is 0 Å². The van der Waals surface area contributed by atoms with Gasteiger partial charge in [0, 0.05) is 30.1 Å². The van der Waals surface area contributed by atoms with Crippen molar-refractivity contribution in [3.63, 3.8) is 0 Å². The molecule has 5 rings (SSSR count). The summed E-state index contributed by atoms with van der Waals surface area (Å²) < 4.78 is 5.37. The Morgan fingerprint density at radius 3 is 2.61 bits per heavy atom. The standard InChI is InChI=1S/C31H37N5O4S/c1-3-26(30(39)33-21-12-5-4-6-13-21)41-31-34-23-15-9-8-14-22(23)28-35-29(38)24(36(28)31)17-18-27(37)32-19-20-11-7-10-16-25(20)40-2/h7-11,14-16,21,24,26H,3-6,12-13,17-19H2,1-2H3,(H,32,37)(H,33,39). The maximum atomic E-state index is 13.3. The van der Waals surface area contributed by atoms with Crippen molar-refractivity contribution in [2.24, 2.45) is 9.98 Å². The van der Waals surface area contributed by atoms with E-state index in [1.807, 2.05) is 60.4 Å². The Morgan fingerprint density at radius 2 is 1.83 bits per heavy atom. The Balaban J connectivity index is 1.29. The molecular formula is C31H37N5O4S. The molecule has 2 unspecified atom stereocenters. The first-order valence-electron chi connectivity index (χ1n) is 14.4. The van der Waals surface area contributed by atoms with Crippen molar-refractivity contribution in [1.29, 1.82) is 0 Å². The van der Waals surface area contributed by atoms with Crippen molar-refractivity contribution in [3.8, 4) is 5.75 Å². The van der Waals surface area contributed by atoms with Gasteiger partial charge in [0.05, 0.1) is 18.0 Å². The second-order valence-electron chi connectivity index (χ2n) is 10.6. The van der Waals surface area contributed by atoms with Gasteiger partial charge in [-0.05, 0) is 43.9 Å². The van der Waals surface area contributed by atoms with Crippen LogP contribution in [-0.4, -0.2) is 58.1 Å². The smallest absolute Gasteiger partial charge is 0.270 e. The molecule has 0 radical (unpaired) electrons. The van der Waals surface area contributed by atoms with Crippen molar-refractivity contribution < 1.29 is 19.1 Å². The van der Waals surface area contributed by atoms with Crippen molar-refractivity contribution in [1.82, 2.24) is 15.5 Å². The van der Waals surface area contributed by atoms with Gasteiger partial charge in [-0.2, -0.15) is 4.99 Å². The molecule has 2 aromatic carbocycles. The highest BCUT2D eigenvalue weighted by atomic mass is 32.2. The molecule has 2 atom stereocenters. The Morgan fingerprint density at radius 1 is 1.07 bits per heavy atom. The van der Waals surface area contributed by atoms with Crippen LogP contribution in [0, 0.1) is 0 Å². The molecule has 0 spiro atoms. The molecule has 2 N–H and O–H groups in total. The van der Waals surface area contributed by atoms with Crippen LogP contribution in [0.3, 0.4) is 0 Å². The van der Waals surface area contributed by atoms with Crippen molar-refractivity contribution in [2.75, 3.05) is 7.11 Å². The normalized spacial score (nSPS) is 19.0. The fraction of sp³-hybridized carbons (Fsp3) is 0.452. The quantitative estimate of drug-likeness (QED) is 0.424. The largest absolute Gasteiger partial charge is 0.496 e. The highest BCUT2D eigenvalue weighted by Gasteiger charge is 2.42. The summed E-state index contributed by atoms with van der Waals surface area (Å²) in [7, 11) is 1.60. The average molecular weight is 576 g/mol. The third kappa shape index (κ3) is 6.64. The van der Waals surface area contributed by atoms with Crippen molar-refractivity contribution in [3.05, 3.63) is 59.7 Å². The molecule has 0 saturated heterocycles. The Labute approximate surface area is 245 Å². The van der Waals surface area contributed by atoms with Crippen LogP contribution in [-0.2, 0) is 20.9 Å². The van der Waals surface area contributed by atoms with Gasteiger partial charge in [-0.25, -0.2) is 4.99 Å². The van der Waals surface area contributed by atoms with E-state index in [-0.39, 0.29) is 41.9 Å². The molecule has 2 aromatic rings. The van der Waals surface area contributed by atoms with Crippen molar-refractivity contribution >= 4 is 46.2 Å². The first kappa shape index (κ1) is 28.9. The average Bonchev–Trinajstić information content (AvgIpc) is 3.34. The van der Waals surface area contributed by atoms with Gasteiger partial charge in [-0.1, -0.05) is 68.3 Å². The lowest BCUT2D eigenvalue weighted by molar-refractivity contribution is -0.123. The number of amides is 3. The van der Waals surface area contributed by atoms with E-state index in [2.05, 4.69) is 15.6 Å². The van der Waals surface area contributed by atoms with E-state index in [4.69, 9.17) is 9.73 Å². The number of rotatable bonds is 10. The molecule has 216 valence electrons. The topological polar surface area (TPSA) is 112 Å². The van der Waals surface area contributed by atoms with Gasteiger partial charge in [-0.15, -0.1) is 0 Å². The first-order valence-corrected chi connectivity index (χ1v) is 15.3. The van der Waals surface area contributed by atoms with Crippen LogP contribution >= 0.6 is 11.8 Å². The Kier molecular flexibility index (Phi) is 9.38. The van der Waals surface area contributed by atoms with Crippen molar-refractivity contribution in [2.45, 2.75) is 82.2 Å². The lowest BCUT2D eigenvalue weighted by Gasteiger charge is -2.32. The highest BCUT2D eigenvalue weighted by Crippen LogP contribution is 2.37. The van der Waals surface area contributed by atoms with E-state index >= 15 is 0 Å². The number of carbonyl (C=O) groups excluding carboxylic acids is 3. The number of benzene rings is 2. The summed E-state index contributed by atoms with van der Waals surface area (Å²) in [6.07, 6.45) is 6.57. The summed E-state index contributed by atoms with van der Waals surface area (Å²) in [4.78, 5) is 50.4. The van der Waals surface area contributed by atoms with Crippen LogP contribution in [0.4, 0.5) is 5.69 Å². The molecule has 41 heavy (non-hydrogen) atoms. The summed E-state index contributed by atoms with van der Waals surface area (Å²) in [5.41, 5.74) is 2.37. The fourth-order valence-corrected chi connectivity index (χ4v) is 6.62. The third-order valence-corrected chi connectivity index (χ3v) is 9.11. The molecule has 9 nitrogen and oxygen atoms in total. The minimum Gasteiger partial charge on any atom is -0.496 e. The summed E-state index contributed by atoms with van der Waals surface area (Å²) >= 11 is 1.37. The van der Waals surface area contributed by atoms with Gasteiger partial charge in [-0.3, -0.25) is 19.3 Å². The number of carbonyl (C=O) groups is 3. The second-order valence-corrected chi connectivity index (χ2v) is 11.7. The summed E-state index contributed by atoms with van der Waals surface area (Å²) in [6.45, 7) is 2.32. The molecule has 1 saturated carbocycles. The Bertz CT molecular complexity index is 1350. The molecule has 0 aromatic heterocycles. The number of fused-ring (bicyclic) bond motifs is 3. The predicted octanol–water partition coefficient (Wildman–Crippen LogP) is 4.71. The number of nitrogens with zero attached hydrogens (tertiary/aromatic N) is 3. The highest BCUT2D eigenvalue weighted by molar-refractivity contribution is 8.15. The van der Waals surface area contributed by atoms with Gasteiger partial charge < -0.3 is 15.4 Å². The lowest BCUT2D eigenvalue weighted by Crippen LogP contribution is -2.46. The van der Waals surface area contributed by atoms with Gasteiger partial charge in [0.1, 0.15) is 17.6 Å². The number of ether oxygens (including phenoxy) is 1. The number of aliphatic imine (C=N–C) groups is 2. The molecular weight excluding hydrogens is 538 g/mol. The molecule has 3 amide bonds. The van der Waals surface area contributed by atoms with E-state index < -0.39 is 6.04 Å². The molecule has 3 aliphatic rings.